The van der Waals surface area contributed by atoms with E-state index in [1.54, 1.807) is 0 Å². The summed E-state index contributed by atoms with van der Waals surface area (Å²) in [5, 5.41) is 0. The fraction of sp³-hybridized carbons (Fsp3) is 0.833. The number of esters is 2. The van der Waals surface area contributed by atoms with E-state index in [0.717, 1.165) is 77.0 Å². The van der Waals surface area contributed by atoms with Crippen molar-refractivity contribution in [3.63, 3.8) is 0 Å². The fourth-order valence-electron chi connectivity index (χ4n) is 3.00. The fourth-order valence-corrected chi connectivity index (χ4v) is 3.00. The maximum atomic E-state index is 12.8. The zero-order chi connectivity index (χ0) is 21.0. The second kappa shape index (κ2) is 19.0. The highest BCUT2D eigenvalue weighted by molar-refractivity contribution is 6.00. The molecule has 0 amide bonds. The maximum Gasteiger partial charge on any atom is 0.334 e. The van der Waals surface area contributed by atoms with E-state index in [0.29, 0.717) is 37.2 Å². The van der Waals surface area contributed by atoms with Crippen LogP contribution in [0.25, 0.3) is 0 Å². The van der Waals surface area contributed by atoms with Gasteiger partial charge in [-0.25, -0.2) is 9.59 Å². The van der Waals surface area contributed by atoms with Gasteiger partial charge in [0.25, 0.3) is 0 Å². The summed E-state index contributed by atoms with van der Waals surface area (Å²) < 4.78 is 11.0. The first-order valence-corrected chi connectivity index (χ1v) is 11.7. The lowest BCUT2D eigenvalue weighted by Gasteiger charge is -2.15. The summed E-state index contributed by atoms with van der Waals surface area (Å²) in [5.74, 6) is -0.634. The molecule has 0 fully saturated rings. The lowest BCUT2D eigenvalue weighted by Crippen LogP contribution is -2.18. The summed E-state index contributed by atoms with van der Waals surface area (Å²) in [6.07, 6.45) is 13.4. The molecule has 0 aromatic heterocycles. The third-order valence-electron chi connectivity index (χ3n) is 4.88. The van der Waals surface area contributed by atoms with Crippen LogP contribution < -0.4 is 0 Å². The Bertz CT molecular complexity index is 400. The Morgan fingerprint density at radius 3 is 1.18 bits per heavy atom. The molecule has 0 saturated heterocycles. The molecular formula is C24H44O4. The van der Waals surface area contributed by atoms with Gasteiger partial charge in [0.15, 0.2) is 0 Å². The Hall–Kier alpha value is -1.32. The van der Waals surface area contributed by atoms with Crippen molar-refractivity contribution in [2.45, 2.75) is 118 Å². The average Bonchev–Trinajstić information content (AvgIpc) is 2.69. The normalized spacial score (nSPS) is 11.9. The standard InChI is InChI=1S/C24H44O4/c1-5-9-13-15-17-21(23(25)27-19-11-7-3)22(18-16-14-10-6-2)24(26)28-20-12-8-4/h5-20H2,1-4H3/b22-21-. The number of rotatable bonds is 18. The quantitative estimate of drug-likeness (QED) is 0.143. The molecular weight excluding hydrogens is 352 g/mol. The second-order valence-corrected chi connectivity index (χ2v) is 7.56. The first kappa shape index (κ1) is 26.7. The monoisotopic (exact) mass is 396 g/mol. The van der Waals surface area contributed by atoms with Crippen molar-refractivity contribution in [2.75, 3.05) is 13.2 Å². The van der Waals surface area contributed by atoms with Gasteiger partial charge >= 0.3 is 11.9 Å². The zero-order valence-corrected chi connectivity index (χ0v) is 18.9. The van der Waals surface area contributed by atoms with Crippen LogP contribution in [0, 0.1) is 0 Å². The Balaban J connectivity index is 5.34. The zero-order valence-electron chi connectivity index (χ0n) is 18.9. The van der Waals surface area contributed by atoms with E-state index in [2.05, 4.69) is 27.7 Å². The third kappa shape index (κ3) is 13.0. The van der Waals surface area contributed by atoms with Crippen LogP contribution in [-0.2, 0) is 19.1 Å². The molecule has 4 heteroatoms. The Morgan fingerprint density at radius 1 is 0.500 bits per heavy atom. The molecule has 0 bridgehead atoms. The van der Waals surface area contributed by atoms with Gasteiger partial charge in [0.05, 0.1) is 13.2 Å². The topological polar surface area (TPSA) is 52.6 Å². The smallest absolute Gasteiger partial charge is 0.334 e. The molecule has 0 saturated carbocycles. The third-order valence-corrected chi connectivity index (χ3v) is 4.88. The van der Waals surface area contributed by atoms with E-state index in [1.807, 2.05) is 0 Å². The van der Waals surface area contributed by atoms with Crippen molar-refractivity contribution in [1.29, 1.82) is 0 Å². The highest BCUT2D eigenvalue weighted by Gasteiger charge is 2.23. The Labute approximate surface area is 173 Å². The lowest BCUT2D eigenvalue weighted by atomic mass is 9.96. The van der Waals surface area contributed by atoms with Crippen LogP contribution in [0.5, 0.6) is 0 Å². The SMILES string of the molecule is CCCCCC/C(C(=O)OCCCC)=C(\CCCCCC)C(=O)OCCCC. The largest absolute Gasteiger partial charge is 0.462 e. The minimum absolute atomic E-state index is 0.317. The maximum absolute atomic E-state index is 12.8. The van der Waals surface area contributed by atoms with Gasteiger partial charge < -0.3 is 9.47 Å². The second-order valence-electron chi connectivity index (χ2n) is 7.56. The summed E-state index contributed by atoms with van der Waals surface area (Å²) >= 11 is 0. The molecule has 0 aliphatic carbocycles. The van der Waals surface area contributed by atoms with Crippen LogP contribution in [0.15, 0.2) is 11.1 Å². The van der Waals surface area contributed by atoms with Crippen LogP contribution in [0.2, 0.25) is 0 Å². The highest BCUT2D eigenvalue weighted by atomic mass is 16.5. The number of carbonyl (C=O) groups is 2. The minimum atomic E-state index is -0.317. The number of unbranched alkanes of at least 4 members (excludes halogenated alkanes) is 8. The summed E-state index contributed by atoms with van der Waals surface area (Å²) in [6.45, 7) is 9.31. The van der Waals surface area contributed by atoms with Gasteiger partial charge in [-0.1, -0.05) is 79.1 Å². The minimum Gasteiger partial charge on any atom is -0.462 e. The lowest BCUT2D eigenvalue weighted by molar-refractivity contribution is -0.142. The number of carbonyl (C=O) groups excluding carboxylic acids is 2. The molecule has 0 aliphatic heterocycles. The number of ether oxygens (including phenoxy) is 2. The van der Waals surface area contributed by atoms with Gasteiger partial charge in [-0.2, -0.15) is 0 Å². The molecule has 0 radical (unpaired) electrons. The molecule has 0 unspecified atom stereocenters. The summed E-state index contributed by atoms with van der Waals surface area (Å²) in [5.41, 5.74) is 1.12. The van der Waals surface area contributed by atoms with Crippen molar-refractivity contribution in [1.82, 2.24) is 0 Å². The highest BCUT2D eigenvalue weighted by Crippen LogP contribution is 2.23. The molecule has 0 atom stereocenters. The van der Waals surface area contributed by atoms with Crippen molar-refractivity contribution in [3.8, 4) is 0 Å². The number of hydrogen-bond donors (Lipinski definition) is 0. The van der Waals surface area contributed by atoms with E-state index in [-0.39, 0.29) is 11.9 Å². The molecule has 28 heavy (non-hydrogen) atoms. The van der Waals surface area contributed by atoms with Crippen LogP contribution in [0.3, 0.4) is 0 Å². The summed E-state index contributed by atoms with van der Waals surface area (Å²) in [4.78, 5) is 25.5. The van der Waals surface area contributed by atoms with Crippen LogP contribution in [0.4, 0.5) is 0 Å². The van der Waals surface area contributed by atoms with Gasteiger partial charge in [0.2, 0.25) is 0 Å². The van der Waals surface area contributed by atoms with Crippen LogP contribution in [-0.4, -0.2) is 25.2 Å². The predicted octanol–water partition coefficient (Wildman–Crippen LogP) is 6.91. The molecule has 0 N–H and O–H groups in total. The average molecular weight is 397 g/mol. The van der Waals surface area contributed by atoms with Crippen molar-refractivity contribution in [3.05, 3.63) is 11.1 Å². The van der Waals surface area contributed by atoms with Gasteiger partial charge in [-0.05, 0) is 38.5 Å². The van der Waals surface area contributed by atoms with Crippen molar-refractivity contribution < 1.29 is 19.1 Å². The summed E-state index contributed by atoms with van der Waals surface area (Å²) in [6, 6.07) is 0. The molecule has 164 valence electrons. The van der Waals surface area contributed by atoms with E-state index in [4.69, 9.17) is 9.47 Å². The van der Waals surface area contributed by atoms with E-state index in [9.17, 15) is 9.59 Å². The molecule has 0 rings (SSSR count). The van der Waals surface area contributed by atoms with Crippen LogP contribution in [0.1, 0.15) is 118 Å². The Kier molecular flexibility index (Phi) is 18.1. The molecule has 0 heterocycles. The van der Waals surface area contributed by atoms with Gasteiger partial charge in [0, 0.05) is 11.1 Å². The Morgan fingerprint density at radius 2 is 0.857 bits per heavy atom. The van der Waals surface area contributed by atoms with E-state index in [1.165, 1.54) is 0 Å². The van der Waals surface area contributed by atoms with E-state index < -0.39 is 0 Å². The van der Waals surface area contributed by atoms with Gasteiger partial charge in [-0.3, -0.25) is 0 Å². The molecule has 0 aromatic carbocycles. The first-order chi connectivity index (χ1) is 13.6. The number of hydrogen-bond acceptors (Lipinski definition) is 4. The molecule has 0 spiro atoms. The summed E-state index contributed by atoms with van der Waals surface area (Å²) in [7, 11) is 0. The van der Waals surface area contributed by atoms with Gasteiger partial charge in [-0.15, -0.1) is 0 Å². The van der Waals surface area contributed by atoms with Crippen molar-refractivity contribution in [2.24, 2.45) is 0 Å². The predicted molar refractivity (Wildman–Crippen MR) is 116 cm³/mol. The van der Waals surface area contributed by atoms with Gasteiger partial charge in [0.1, 0.15) is 0 Å². The van der Waals surface area contributed by atoms with Crippen molar-refractivity contribution >= 4 is 11.9 Å². The van der Waals surface area contributed by atoms with Crippen LogP contribution >= 0.6 is 0 Å². The molecule has 4 nitrogen and oxygen atoms in total. The molecule has 0 aromatic rings. The molecule has 0 aliphatic rings. The first-order valence-electron chi connectivity index (χ1n) is 11.7. The van der Waals surface area contributed by atoms with E-state index >= 15 is 0 Å².